The first-order valence-corrected chi connectivity index (χ1v) is 10.7. The molecule has 1 fully saturated rings. The van der Waals surface area contributed by atoms with E-state index in [0.717, 1.165) is 0 Å². The predicted molar refractivity (Wildman–Crippen MR) is 117 cm³/mol. The summed E-state index contributed by atoms with van der Waals surface area (Å²) in [6.45, 7) is 4.31. The second-order valence-corrected chi connectivity index (χ2v) is 8.29. The number of amides is 2. The van der Waals surface area contributed by atoms with E-state index in [1.54, 1.807) is 29.9 Å². The number of anilines is 2. The highest BCUT2D eigenvalue weighted by Crippen LogP contribution is 2.35. The van der Waals surface area contributed by atoms with Crippen LogP contribution >= 0.6 is 0 Å². The van der Waals surface area contributed by atoms with Gasteiger partial charge in [0.25, 0.3) is 5.91 Å². The molecule has 11 heteroatoms. The number of rotatable bonds is 4. The molecule has 9 nitrogen and oxygen atoms in total. The highest BCUT2D eigenvalue weighted by Gasteiger charge is 2.31. The van der Waals surface area contributed by atoms with Gasteiger partial charge in [-0.05, 0) is 19.1 Å². The SMILES string of the molecule is CNC(=O)c1ccc(N2CCN(Cc3cn4cnc5c4c(c3F)NC(=O)C5C)CC2)c(F)n1. The zero-order valence-electron chi connectivity index (χ0n) is 18.2. The Morgan fingerprint density at radius 2 is 2.00 bits per heavy atom. The van der Waals surface area contributed by atoms with Crippen molar-refractivity contribution in [3.8, 4) is 0 Å². The van der Waals surface area contributed by atoms with Crippen LogP contribution in [-0.2, 0) is 11.3 Å². The third-order valence-electron chi connectivity index (χ3n) is 6.30. The lowest BCUT2D eigenvalue weighted by Crippen LogP contribution is -2.46. The van der Waals surface area contributed by atoms with Gasteiger partial charge in [0, 0.05) is 51.5 Å². The van der Waals surface area contributed by atoms with Crippen LogP contribution in [0.25, 0.3) is 5.52 Å². The van der Waals surface area contributed by atoms with Crippen LogP contribution in [0, 0.1) is 11.8 Å². The van der Waals surface area contributed by atoms with E-state index in [1.165, 1.54) is 13.1 Å². The van der Waals surface area contributed by atoms with Gasteiger partial charge in [0.2, 0.25) is 11.9 Å². The Labute approximate surface area is 188 Å². The Balaban J connectivity index is 1.31. The predicted octanol–water partition coefficient (Wildman–Crippen LogP) is 1.74. The van der Waals surface area contributed by atoms with E-state index >= 15 is 4.39 Å². The van der Waals surface area contributed by atoms with Crippen LogP contribution in [0.4, 0.5) is 20.2 Å². The fourth-order valence-corrected chi connectivity index (χ4v) is 4.42. The average molecular weight is 455 g/mol. The van der Waals surface area contributed by atoms with E-state index < -0.39 is 23.6 Å². The number of halogens is 2. The van der Waals surface area contributed by atoms with E-state index in [1.807, 2.05) is 4.90 Å². The molecule has 172 valence electrons. The number of imidazole rings is 1. The summed E-state index contributed by atoms with van der Waals surface area (Å²) in [5.74, 6) is -2.29. The Morgan fingerprint density at radius 1 is 1.24 bits per heavy atom. The molecular weight excluding hydrogens is 432 g/mol. The topological polar surface area (TPSA) is 94.9 Å². The van der Waals surface area contributed by atoms with E-state index in [2.05, 4.69) is 25.5 Å². The van der Waals surface area contributed by atoms with Gasteiger partial charge in [-0.3, -0.25) is 14.5 Å². The number of aromatic nitrogens is 3. The molecule has 1 unspecified atom stereocenters. The molecule has 5 heterocycles. The molecule has 0 radical (unpaired) electrons. The zero-order valence-corrected chi connectivity index (χ0v) is 18.2. The van der Waals surface area contributed by atoms with Gasteiger partial charge in [0.05, 0.1) is 29.1 Å². The van der Waals surface area contributed by atoms with E-state index in [-0.39, 0.29) is 17.3 Å². The zero-order chi connectivity index (χ0) is 23.3. The molecule has 2 N–H and O–H groups in total. The summed E-state index contributed by atoms with van der Waals surface area (Å²) < 4.78 is 31.5. The van der Waals surface area contributed by atoms with Gasteiger partial charge < -0.3 is 19.9 Å². The smallest absolute Gasteiger partial charge is 0.269 e. The van der Waals surface area contributed by atoms with Crippen molar-refractivity contribution in [3.63, 3.8) is 0 Å². The van der Waals surface area contributed by atoms with Crippen LogP contribution in [0.15, 0.2) is 24.7 Å². The van der Waals surface area contributed by atoms with Gasteiger partial charge >= 0.3 is 0 Å². The van der Waals surface area contributed by atoms with Gasteiger partial charge in [-0.1, -0.05) is 0 Å². The van der Waals surface area contributed by atoms with Crippen LogP contribution in [0.5, 0.6) is 0 Å². The van der Waals surface area contributed by atoms with Crippen LogP contribution < -0.4 is 15.5 Å². The first-order valence-electron chi connectivity index (χ1n) is 10.7. The third-order valence-corrected chi connectivity index (χ3v) is 6.30. The van der Waals surface area contributed by atoms with E-state index in [4.69, 9.17) is 0 Å². The van der Waals surface area contributed by atoms with Gasteiger partial charge in [0.1, 0.15) is 11.4 Å². The van der Waals surface area contributed by atoms with Crippen molar-refractivity contribution in [2.45, 2.75) is 19.4 Å². The quantitative estimate of drug-likeness (QED) is 0.582. The highest BCUT2D eigenvalue weighted by atomic mass is 19.1. The van der Waals surface area contributed by atoms with Crippen molar-refractivity contribution >= 4 is 28.7 Å². The number of carbonyl (C=O) groups excluding carboxylic acids is 2. The number of hydrogen-bond donors (Lipinski definition) is 2. The summed E-state index contributed by atoms with van der Waals surface area (Å²) >= 11 is 0. The highest BCUT2D eigenvalue weighted by molar-refractivity contribution is 6.04. The number of nitrogens with one attached hydrogen (secondary N) is 2. The van der Waals surface area contributed by atoms with Crippen molar-refractivity contribution in [1.82, 2.24) is 24.6 Å². The molecule has 0 aromatic carbocycles. The maximum absolute atomic E-state index is 15.3. The molecule has 0 aliphatic carbocycles. The van der Waals surface area contributed by atoms with Crippen molar-refractivity contribution in [2.75, 3.05) is 43.4 Å². The lowest BCUT2D eigenvalue weighted by atomic mass is 10.0. The minimum atomic E-state index is -0.693. The molecule has 2 aliphatic rings. The summed E-state index contributed by atoms with van der Waals surface area (Å²) in [7, 11) is 1.46. The second kappa shape index (κ2) is 8.07. The Hall–Kier alpha value is -3.60. The fourth-order valence-electron chi connectivity index (χ4n) is 4.42. The molecule has 1 saturated heterocycles. The average Bonchev–Trinajstić information content (AvgIpc) is 3.24. The number of nitrogens with zero attached hydrogens (tertiary/aromatic N) is 5. The maximum atomic E-state index is 15.3. The van der Waals surface area contributed by atoms with E-state index in [9.17, 15) is 14.0 Å². The summed E-state index contributed by atoms with van der Waals surface area (Å²) in [6, 6.07) is 3.05. The minimum absolute atomic E-state index is 0.0244. The molecule has 0 bridgehead atoms. The van der Waals surface area contributed by atoms with Crippen molar-refractivity contribution < 1.29 is 18.4 Å². The number of pyridine rings is 2. The largest absolute Gasteiger partial charge is 0.365 e. The normalized spacial score (nSPS) is 18.5. The molecule has 33 heavy (non-hydrogen) atoms. The Morgan fingerprint density at radius 3 is 2.70 bits per heavy atom. The molecule has 3 aromatic rings. The summed E-state index contributed by atoms with van der Waals surface area (Å²) in [6.07, 6.45) is 3.31. The third kappa shape index (κ3) is 3.58. The van der Waals surface area contributed by atoms with Gasteiger partial charge in [-0.2, -0.15) is 4.39 Å². The van der Waals surface area contributed by atoms with Crippen LogP contribution in [0.2, 0.25) is 0 Å². The summed E-state index contributed by atoms with van der Waals surface area (Å²) in [5, 5.41) is 5.10. The van der Waals surface area contributed by atoms with E-state index in [0.29, 0.717) is 55.2 Å². The molecule has 5 rings (SSSR count). The van der Waals surface area contributed by atoms with Crippen molar-refractivity contribution in [1.29, 1.82) is 0 Å². The summed E-state index contributed by atoms with van der Waals surface area (Å²) in [5.41, 5.74) is 2.15. The standard InChI is InChI=1S/C22H23F2N7O2/c1-12-17-19-18(28-21(12)32)16(23)13(10-31(19)11-26-17)9-29-5-7-30(8-6-29)15-4-3-14(22(33)25-2)27-20(15)24/h3-4,10-12H,5-9H2,1-2H3,(H,25,33)(H,28,32). The fraction of sp³-hybridized carbons (Fsp3) is 0.364. The van der Waals surface area contributed by atoms with Crippen molar-refractivity contribution in [2.24, 2.45) is 0 Å². The van der Waals surface area contributed by atoms with Gasteiger partial charge in [-0.25, -0.2) is 14.4 Å². The molecule has 2 amide bonds. The molecule has 0 spiro atoms. The monoisotopic (exact) mass is 455 g/mol. The number of hydrogen-bond acceptors (Lipinski definition) is 6. The first kappa shape index (κ1) is 21.3. The Kier molecular flexibility index (Phi) is 5.20. The second-order valence-electron chi connectivity index (χ2n) is 8.29. The molecule has 0 saturated carbocycles. The van der Waals surface area contributed by atoms with Gasteiger partial charge in [0.15, 0.2) is 5.82 Å². The maximum Gasteiger partial charge on any atom is 0.269 e. The molecule has 2 aliphatic heterocycles. The van der Waals surface area contributed by atoms with Crippen molar-refractivity contribution in [3.05, 3.63) is 53.4 Å². The summed E-state index contributed by atoms with van der Waals surface area (Å²) in [4.78, 5) is 35.9. The van der Waals surface area contributed by atoms with Crippen LogP contribution in [0.3, 0.4) is 0 Å². The number of piperazine rings is 1. The van der Waals surface area contributed by atoms with Crippen LogP contribution in [0.1, 0.15) is 34.6 Å². The number of carbonyl (C=O) groups is 2. The van der Waals surface area contributed by atoms with Crippen LogP contribution in [-0.4, -0.2) is 64.3 Å². The minimum Gasteiger partial charge on any atom is -0.365 e. The molecule has 3 aromatic heterocycles. The van der Waals surface area contributed by atoms with Gasteiger partial charge in [-0.15, -0.1) is 0 Å². The molecule has 1 atom stereocenters. The lowest BCUT2D eigenvalue weighted by molar-refractivity contribution is -0.117. The molecular formula is C22H23F2N7O2. The lowest BCUT2D eigenvalue weighted by Gasteiger charge is -2.36. The first-order chi connectivity index (χ1) is 15.9. The Bertz CT molecular complexity index is 1270.